The minimum Gasteiger partial charge on any atom is -0.309 e. The number of rotatable bonds is 4. The molecule has 0 unspecified atom stereocenters. The van der Waals surface area contributed by atoms with Gasteiger partial charge in [0.1, 0.15) is 0 Å². The summed E-state index contributed by atoms with van der Waals surface area (Å²) in [6, 6.07) is 75.0. The monoisotopic (exact) mass is 757 g/mol. The minimum absolute atomic E-state index is 0.128. The Hall–Kier alpha value is -6.61. The smallest absolute Gasteiger partial charge is 0.0736 e. The average Bonchev–Trinajstić information content (AvgIpc) is 3.69. The van der Waals surface area contributed by atoms with Gasteiger partial charge >= 0.3 is 0 Å². The summed E-state index contributed by atoms with van der Waals surface area (Å²) in [6.45, 7) is 4.75. The van der Waals surface area contributed by atoms with Crippen LogP contribution in [0.3, 0.4) is 0 Å². The van der Waals surface area contributed by atoms with Crippen LogP contribution in [0.2, 0.25) is 0 Å². The summed E-state index contributed by atoms with van der Waals surface area (Å²) in [5.74, 6) is 0. The predicted octanol–water partition coefficient (Wildman–Crippen LogP) is 15.1. The maximum absolute atomic E-state index is 2.52. The summed E-state index contributed by atoms with van der Waals surface area (Å²) in [4.78, 5) is 5.11. The molecule has 0 bridgehead atoms. The quantitative estimate of drug-likeness (QED) is 0.176. The standard InChI is InChI=1S/C56H39NS/c1-55(2)46-22-11-8-19-42(46)45-32-31-41(35-50(45)55)57(40-29-27-37(28-30-40)36-15-4-3-5-16-36)52-26-14-25-49-54(52)58-53-34-39-18-7-6-17-38(39)33-51(53)56(49)47-23-12-9-20-43(47)44-21-10-13-24-48(44)56/h3-35H,1-2H3. The van der Waals surface area contributed by atoms with Gasteiger partial charge in [-0.2, -0.15) is 0 Å². The number of hydrogen-bond donors (Lipinski definition) is 0. The largest absolute Gasteiger partial charge is 0.309 e. The number of fused-ring (bicyclic) bond motifs is 13. The van der Waals surface area contributed by atoms with Crippen molar-refractivity contribution >= 4 is 39.6 Å². The van der Waals surface area contributed by atoms with E-state index in [1.165, 1.54) is 93.0 Å². The van der Waals surface area contributed by atoms with Crippen LogP contribution in [-0.2, 0) is 10.8 Å². The van der Waals surface area contributed by atoms with E-state index >= 15 is 0 Å². The van der Waals surface area contributed by atoms with Crippen molar-refractivity contribution in [1.29, 1.82) is 0 Å². The van der Waals surface area contributed by atoms with Crippen LogP contribution in [-0.4, -0.2) is 0 Å². The molecule has 0 radical (unpaired) electrons. The molecule has 9 aromatic carbocycles. The van der Waals surface area contributed by atoms with Crippen LogP contribution < -0.4 is 4.90 Å². The average molecular weight is 758 g/mol. The lowest BCUT2D eigenvalue weighted by Gasteiger charge is -2.41. The lowest BCUT2D eigenvalue weighted by Crippen LogP contribution is -2.32. The molecule has 1 heterocycles. The molecule has 1 spiro atoms. The fraction of sp³-hybridized carbons (Fsp3) is 0.0714. The van der Waals surface area contributed by atoms with Gasteiger partial charge in [0.2, 0.25) is 0 Å². The zero-order valence-electron chi connectivity index (χ0n) is 32.4. The minimum atomic E-state index is -0.493. The van der Waals surface area contributed by atoms with Crippen LogP contribution in [0.15, 0.2) is 210 Å². The first-order valence-electron chi connectivity index (χ1n) is 20.3. The molecule has 12 rings (SSSR count). The Kier molecular flexibility index (Phi) is 7.19. The first-order valence-corrected chi connectivity index (χ1v) is 21.1. The van der Waals surface area contributed by atoms with Crippen LogP contribution in [0, 0.1) is 0 Å². The highest BCUT2D eigenvalue weighted by Crippen LogP contribution is 2.64. The Balaban J connectivity index is 1.14. The summed E-state index contributed by atoms with van der Waals surface area (Å²) in [7, 11) is 0. The van der Waals surface area contributed by atoms with E-state index in [0.717, 1.165) is 11.4 Å². The van der Waals surface area contributed by atoms with E-state index in [0.29, 0.717) is 0 Å². The molecule has 58 heavy (non-hydrogen) atoms. The maximum atomic E-state index is 2.52. The Morgan fingerprint density at radius 1 is 0.379 bits per heavy atom. The molecular formula is C56H39NS. The third-order valence-electron chi connectivity index (χ3n) is 13.1. The van der Waals surface area contributed by atoms with E-state index in [-0.39, 0.29) is 5.41 Å². The van der Waals surface area contributed by atoms with Crippen LogP contribution in [0.4, 0.5) is 17.1 Å². The van der Waals surface area contributed by atoms with Gasteiger partial charge in [0.15, 0.2) is 0 Å². The Morgan fingerprint density at radius 2 is 0.914 bits per heavy atom. The molecule has 0 N–H and O–H groups in total. The highest BCUT2D eigenvalue weighted by atomic mass is 32.2. The van der Waals surface area contributed by atoms with E-state index in [4.69, 9.17) is 0 Å². The highest BCUT2D eigenvalue weighted by molar-refractivity contribution is 7.99. The first kappa shape index (κ1) is 33.5. The van der Waals surface area contributed by atoms with Crippen LogP contribution in [0.25, 0.3) is 44.2 Å². The molecule has 9 aromatic rings. The van der Waals surface area contributed by atoms with E-state index < -0.39 is 5.41 Å². The zero-order valence-corrected chi connectivity index (χ0v) is 33.2. The maximum Gasteiger partial charge on any atom is 0.0736 e. The van der Waals surface area contributed by atoms with Crippen molar-refractivity contribution in [3.8, 4) is 33.4 Å². The molecule has 3 aliphatic rings. The van der Waals surface area contributed by atoms with Gasteiger partial charge in [0, 0.05) is 26.6 Å². The topological polar surface area (TPSA) is 3.24 Å². The summed E-state index contributed by atoms with van der Waals surface area (Å²) in [5, 5.41) is 2.53. The molecular weight excluding hydrogens is 719 g/mol. The highest BCUT2D eigenvalue weighted by Gasteiger charge is 2.51. The molecule has 0 saturated carbocycles. The van der Waals surface area contributed by atoms with Gasteiger partial charge in [-0.1, -0.05) is 183 Å². The van der Waals surface area contributed by atoms with E-state index in [1.54, 1.807) is 0 Å². The Labute approximate surface area is 344 Å². The fourth-order valence-electron chi connectivity index (χ4n) is 10.5. The summed E-state index contributed by atoms with van der Waals surface area (Å²) in [5.41, 5.74) is 18.7. The molecule has 1 nitrogen and oxygen atoms in total. The normalized spacial score (nSPS) is 14.6. The molecule has 0 fully saturated rings. The van der Waals surface area contributed by atoms with E-state index in [1.807, 2.05) is 11.8 Å². The van der Waals surface area contributed by atoms with Crippen molar-refractivity contribution in [2.45, 2.75) is 34.5 Å². The summed E-state index contributed by atoms with van der Waals surface area (Å²) in [6.07, 6.45) is 0. The molecule has 0 aromatic heterocycles. The van der Waals surface area contributed by atoms with Gasteiger partial charge < -0.3 is 4.90 Å². The summed E-state index contributed by atoms with van der Waals surface area (Å²) < 4.78 is 0. The SMILES string of the molecule is CC1(C)c2ccccc2-c2ccc(N(c3ccc(-c4ccccc4)cc3)c3cccc4c3Sc3cc5ccccc5cc3C43c4ccccc4-c4ccccc43)cc21. The lowest BCUT2D eigenvalue weighted by atomic mass is 9.67. The first-order chi connectivity index (χ1) is 28.5. The van der Waals surface area contributed by atoms with E-state index in [2.05, 4.69) is 219 Å². The van der Waals surface area contributed by atoms with Crippen LogP contribution >= 0.6 is 11.8 Å². The third kappa shape index (κ3) is 4.61. The molecule has 0 amide bonds. The van der Waals surface area contributed by atoms with Gasteiger partial charge in [-0.3, -0.25) is 0 Å². The second-order valence-electron chi connectivity index (χ2n) is 16.4. The third-order valence-corrected chi connectivity index (χ3v) is 14.3. The van der Waals surface area contributed by atoms with Crippen molar-refractivity contribution in [2.75, 3.05) is 4.90 Å². The second kappa shape index (κ2) is 12.4. The van der Waals surface area contributed by atoms with Crippen LogP contribution in [0.5, 0.6) is 0 Å². The van der Waals surface area contributed by atoms with E-state index in [9.17, 15) is 0 Å². The molecule has 0 atom stereocenters. The molecule has 2 aliphatic carbocycles. The van der Waals surface area contributed by atoms with Gasteiger partial charge in [-0.05, 0) is 120 Å². The molecule has 274 valence electrons. The van der Waals surface area contributed by atoms with Gasteiger partial charge in [0.25, 0.3) is 0 Å². The van der Waals surface area contributed by atoms with Crippen molar-refractivity contribution in [2.24, 2.45) is 0 Å². The zero-order chi connectivity index (χ0) is 38.6. The number of nitrogens with zero attached hydrogens (tertiary/aromatic N) is 1. The fourth-order valence-corrected chi connectivity index (χ4v) is 11.8. The van der Waals surface area contributed by atoms with Gasteiger partial charge in [-0.15, -0.1) is 0 Å². The number of benzene rings is 9. The molecule has 0 saturated heterocycles. The van der Waals surface area contributed by atoms with Crippen LogP contribution in [0.1, 0.15) is 47.2 Å². The van der Waals surface area contributed by atoms with Crippen molar-refractivity contribution in [3.63, 3.8) is 0 Å². The molecule has 1 aliphatic heterocycles. The predicted molar refractivity (Wildman–Crippen MR) is 243 cm³/mol. The van der Waals surface area contributed by atoms with Crippen molar-refractivity contribution in [1.82, 2.24) is 0 Å². The van der Waals surface area contributed by atoms with Gasteiger partial charge in [-0.25, -0.2) is 0 Å². The molecule has 2 heteroatoms. The lowest BCUT2D eigenvalue weighted by molar-refractivity contribution is 0.660. The second-order valence-corrected chi connectivity index (χ2v) is 17.5. The van der Waals surface area contributed by atoms with Crippen molar-refractivity contribution in [3.05, 3.63) is 234 Å². The van der Waals surface area contributed by atoms with Gasteiger partial charge in [0.05, 0.1) is 11.1 Å². The summed E-state index contributed by atoms with van der Waals surface area (Å²) >= 11 is 1.93. The Bertz CT molecular complexity index is 3080. The number of hydrogen-bond acceptors (Lipinski definition) is 2. The van der Waals surface area contributed by atoms with Crippen molar-refractivity contribution < 1.29 is 0 Å². The number of anilines is 3. The Morgan fingerprint density at radius 3 is 1.62 bits per heavy atom.